The Kier molecular flexibility index (Phi) is 4.07. The highest BCUT2D eigenvalue weighted by Crippen LogP contribution is 2.38. The molecule has 2 rings (SSSR count). The number of hydrogen-bond donors (Lipinski definition) is 1. The van der Waals surface area contributed by atoms with E-state index in [4.69, 9.17) is 5.73 Å². The van der Waals surface area contributed by atoms with Crippen LogP contribution >= 0.6 is 11.3 Å². The van der Waals surface area contributed by atoms with E-state index in [-0.39, 0.29) is 5.91 Å². The van der Waals surface area contributed by atoms with E-state index in [1.807, 2.05) is 11.4 Å². The van der Waals surface area contributed by atoms with E-state index in [0.29, 0.717) is 11.6 Å². The third-order valence-corrected chi connectivity index (χ3v) is 4.69. The zero-order chi connectivity index (χ0) is 13.3. The lowest BCUT2D eigenvalue weighted by atomic mass is 10.2. The molecule has 1 fully saturated rings. The lowest BCUT2D eigenvalue weighted by Crippen LogP contribution is -2.32. The molecule has 1 saturated carbocycles. The van der Waals surface area contributed by atoms with Crippen LogP contribution in [0.4, 0.5) is 0 Å². The van der Waals surface area contributed by atoms with Gasteiger partial charge in [-0.05, 0) is 38.2 Å². The Labute approximate surface area is 113 Å². The molecular weight excluding hydrogens is 244 g/mol. The van der Waals surface area contributed by atoms with E-state index in [1.54, 1.807) is 11.3 Å². The first-order valence-electron chi connectivity index (χ1n) is 6.58. The molecule has 1 aromatic rings. The van der Waals surface area contributed by atoms with Gasteiger partial charge in [0.2, 0.25) is 5.91 Å². The minimum atomic E-state index is -0.329. The normalized spacial score (nSPS) is 22.7. The van der Waals surface area contributed by atoms with Gasteiger partial charge < -0.3 is 5.73 Å². The standard InChI is InChI=1S/C14H22N2OS/c1-9(2)16(6-11-4-10(11)3)7-13-5-12(8-18-13)14(15)17/h5,8-11H,4,6-7H2,1-3H3,(H2,15,17)/t10-,11-/m0/s1. The highest BCUT2D eigenvalue weighted by molar-refractivity contribution is 7.10. The van der Waals surface area contributed by atoms with Gasteiger partial charge in [-0.1, -0.05) is 6.92 Å². The molecule has 100 valence electrons. The summed E-state index contributed by atoms with van der Waals surface area (Å²) in [4.78, 5) is 14.8. The van der Waals surface area contributed by atoms with Crippen molar-refractivity contribution in [2.24, 2.45) is 17.6 Å². The summed E-state index contributed by atoms with van der Waals surface area (Å²) in [7, 11) is 0. The number of nitrogens with two attached hydrogens (primary N) is 1. The fourth-order valence-electron chi connectivity index (χ4n) is 2.21. The van der Waals surface area contributed by atoms with Crippen molar-refractivity contribution >= 4 is 17.2 Å². The first-order chi connectivity index (χ1) is 8.47. The molecule has 0 aromatic carbocycles. The molecule has 1 heterocycles. The van der Waals surface area contributed by atoms with Crippen molar-refractivity contribution in [3.05, 3.63) is 21.9 Å². The minimum absolute atomic E-state index is 0.329. The van der Waals surface area contributed by atoms with Gasteiger partial charge in [0.05, 0.1) is 5.56 Å². The van der Waals surface area contributed by atoms with Gasteiger partial charge in [0.1, 0.15) is 0 Å². The van der Waals surface area contributed by atoms with Crippen molar-refractivity contribution in [2.45, 2.75) is 39.8 Å². The van der Waals surface area contributed by atoms with Gasteiger partial charge in [-0.15, -0.1) is 11.3 Å². The van der Waals surface area contributed by atoms with Crippen molar-refractivity contribution < 1.29 is 4.79 Å². The quantitative estimate of drug-likeness (QED) is 0.860. The molecule has 0 aliphatic heterocycles. The summed E-state index contributed by atoms with van der Waals surface area (Å²) >= 11 is 1.63. The molecular formula is C14H22N2OS. The van der Waals surface area contributed by atoms with Crippen LogP contribution in [0.1, 0.15) is 42.4 Å². The first kappa shape index (κ1) is 13.6. The Morgan fingerprint density at radius 1 is 1.61 bits per heavy atom. The zero-order valence-electron chi connectivity index (χ0n) is 11.3. The summed E-state index contributed by atoms with van der Waals surface area (Å²) in [6.45, 7) is 8.88. The molecule has 2 N–H and O–H groups in total. The van der Waals surface area contributed by atoms with Crippen molar-refractivity contribution in [1.29, 1.82) is 0 Å². The van der Waals surface area contributed by atoms with Crippen molar-refractivity contribution in [3.8, 4) is 0 Å². The van der Waals surface area contributed by atoms with Crippen LogP contribution in [0.3, 0.4) is 0 Å². The third-order valence-electron chi connectivity index (χ3n) is 3.77. The Bertz CT molecular complexity index is 427. The van der Waals surface area contributed by atoms with Crippen molar-refractivity contribution in [2.75, 3.05) is 6.54 Å². The highest BCUT2D eigenvalue weighted by Gasteiger charge is 2.34. The number of thiophene rings is 1. The van der Waals surface area contributed by atoms with E-state index < -0.39 is 0 Å². The van der Waals surface area contributed by atoms with Gasteiger partial charge in [-0.3, -0.25) is 9.69 Å². The molecule has 0 radical (unpaired) electrons. The molecule has 1 aliphatic rings. The van der Waals surface area contributed by atoms with Crippen molar-refractivity contribution in [1.82, 2.24) is 4.90 Å². The molecule has 0 unspecified atom stereocenters. The second-order valence-corrected chi connectivity index (χ2v) is 6.66. The zero-order valence-corrected chi connectivity index (χ0v) is 12.2. The van der Waals surface area contributed by atoms with E-state index in [1.165, 1.54) is 17.8 Å². The second kappa shape index (κ2) is 5.41. The number of nitrogens with zero attached hydrogens (tertiary/aromatic N) is 1. The van der Waals surface area contributed by atoms with Crippen LogP contribution < -0.4 is 5.73 Å². The average molecular weight is 266 g/mol. The third kappa shape index (κ3) is 3.33. The summed E-state index contributed by atoms with van der Waals surface area (Å²) < 4.78 is 0. The molecule has 1 aromatic heterocycles. The Hall–Kier alpha value is -0.870. The van der Waals surface area contributed by atoms with Gasteiger partial charge >= 0.3 is 0 Å². The number of carbonyl (C=O) groups is 1. The largest absolute Gasteiger partial charge is 0.366 e. The summed E-state index contributed by atoms with van der Waals surface area (Å²) in [6.07, 6.45) is 1.36. The van der Waals surface area contributed by atoms with E-state index in [2.05, 4.69) is 25.7 Å². The van der Waals surface area contributed by atoms with Crippen LogP contribution in [0.5, 0.6) is 0 Å². The maximum absolute atomic E-state index is 11.1. The number of carbonyl (C=O) groups excluding carboxylic acids is 1. The molecule has 4 heteroatoms. The summed E-state index contributed by atoms with van der Waals surface area (Å²) in [5.74, 6) is 1.42. The predicted octanol–water partition coefficient (Wildman–Crippen LogP) is 2.71. The smallest absolute Gasteiger partial charge is 0.249 e. The van der Waals surface area contributed by atoms with Crippen LogP contribution in [-0.4, -0.2) is 23.4 Å². The molecule has 1 amide bonds. The number of primary amides is 1. The maximum atomic E-state index is 11.1. The summed E-state index contributed by atoms with van der Waals surface area (Å²) in [5.41, 5.74) is 5.92. The average Bonchev–Trinajstić information content (AvgIpc) is 2.78. The summed E-state index contributed by atoms with van der Waals surface area (Å²) in [6, 6.07) is 2.47. The van der Waals surface area contributed by atoms with Crippen LogP contribution in [0.15, 0.2) is 11.4 Å². The molecule has 2 atom stereocenters. The first-order valence-corrected chi connectivity index (χ1v) is 7.46. The van der Waals surface area contributed by atoms with Crippen LogP contribution in [0.2, 0.25) is 0 Å². The summed E-state index contributed by atoms with van der Waals surface area (Å²) in [5, 5.41) is 1.86. The molecule has 18 heavy (non-hydrogen) atoms. The fourth-order valence-corrected chi connectivity index (χ4v) is 3.10. The molecule has 1 aliphatic carbocycles. The minimum Gasteiger partial charge on any atom is -0.366 e. The molecule has 3 nitrogen and oxygen atoms in total. The van der Waals surface area contributed by atoms with E-state index in [0.717, 1.165) is 18.4 Å². The number of rotatable bonds is 6. The monoisotopic (exact) mass is 266 g/mol. The van der Waals surface area contributed by atoms with Crippen LogP contribution in [0, 0.1) is 11.8 Å². The highest BCUT2D eigenvalue weighted by atomic mass is 32.1. The topological polar surface area (TPSA) is 46.3 Å². The second-order valence-electron chi connectivity index (χ2n) is 5.66. The number of amides is 1. The van der Waals surface area contributed by atoms with Gasteiger partial charge in [0, 0.05) is 29.4 Å². The van der Waals surface area contributed by atoms with Gasteiger partial charge in [-0.25, -0.2) is 0 Å². The SMILES string of the molecule is CC(C)N(Cc1cc(C(N)=O)cs1)C[C@@H]1C[C@@H]1C. The maximum Gasteiger partial charge on any atom is 0.249 e. The molecule has 0 spiro atoms. The van der Waals surface area contributed by atoms with Gasteiger partial charge in [0.15, 0.2) is 0 Å². The lowest BCUT2D eigenvalue weighted by Gasteiger charge is -2.26. The van der Waals surface area contributed by atoms with Crippen LogP contribution in [-0.2, 0) is 6.54 Å². The van der Waals surface area contributed by atoms with Gasteiger partial charge in [-0.2, -0.15) is 0 Å². The Morgan fingerprint density at radius 2 is 2.28 bits per heavy atom. The predicted molar refractivity (Wildman–Crippen MR) is 75.7 cm³/mol. The van der Waals surface area contributed by atoms with Gasteiger partial charge in [0.25, 0.3) is 0 Å². The molecule has 0 bridgehead atoms. The Balaban J connectivity index is 1.96. The molecule has 0 saturated heterocycles. The van der Waals surface area contributed by atoms with E-state index >= 15 is 0 Å². The fraction of sp³-hybridized carbons (Fsp3) is 0.643. The lowest BCUT2D eigenvalue weighted by molar-refractivity contribution is 0.100. The van der Waals surface area contributed by atoms with Crippen molar-refractivity contribution in [3.63, 3.8) is 0 Å². The van der Waals surface area contributed by atoms with E-state index in [9.17, 15) is 4.79 Å². The van der Waals surface area contributed by atoms with Crippen LogP contribution in [0.25, 0.3) is 0 Å². The number of hydrogen-bond acceptors (Lipinski definition) is 3. The Morgan fingerprint density at radius 3 is 2.72 bits per heavy atom.